The number of hydrogen-bond acceptors (Lipinski definition) is 1. The van der Waals surface area contributed by atoms with Crippen LogP contribution in [0.1, 0.15) is 0 Å². The molecule has 2 aromatic rings. The van der Waals surface area contributed by atoms with Crippen LogP contribution in [0.2, 0.25) is 5.28 Å². The largest absolute Gasteiger partial charge is 0.315 e. The van der Waals surface area contributed by atoms with E-state index in [1.165, 1.54) is 10.6 Å². The third-order valence-electron chi connectivity index (χ3n) is 1.87. The van der Waals surface area contributed by atoms with E-state index in [0.29, 0.717) is 11.0 Å². The molecule has 0 bridgehead atoms. The molecule has 0 atom stereocenters. The van der Waals surface area contributed by atoms with Gasteiger partial charge in [-0.25, -0.2) is 9.37 Å². The highest BCUT2D eigenvalue weighted by molar-refractivity contribution is 9.10. The van der Waals surface area contributed by atoms with Gasteiger partial charge in [0.15, 0.2) is 0 Å². The second-order valence-electron chi connectivity index (χ2n) is 2.67. The molecule has 5 heteroatoms. The van der Waals surface area contributed by atoms with Crippen molar-refractivity contribution in [3.63, 3.8) is 0 Å². The Morgan fingerprint density at radius 2 is 2.23 bits per heavy atom. The molecule has 0 spiro atoms. The van der Waals surface area contributed by atoms with Crippen molar-refractivity contribution in [2.75, 3.05) is 0 Å². The van der Waals surface area contributed by atoms with Gasteiger partial charge in [-0.15, -0.1) is 0 Å². The summed E-state index contributed by atoms with van der Waals surface area (Å²) in [5.74, 6) is -0.319. The molecule has 2 rings (SSSR count). The molecule has 0 radical (unpaired) electrons. The first-order valence-electron chi connectivity index (χ1n) is 3.57. The molecule has 0 amide bonds. The van der Waals surface area contributed by atoms with Crippen LogP contribution in [0.3, 0.4) is 0 Å². The topological polar surface area (TPSA) is 17.8 Å². The van der Waals surface area contributed by atoms with Gasteiger partial charge in [0, 0.05) is 11.5 Å². The van der Waals surface area contributed by atoms with Crippen LogP contribution in [-0.2, 0) is 7.05 Å². The Labute approximate surface area is 87.5 Å². The molecule has 0 N–H and O–H groups in total. The predicted octanol–water partition coefficient (Wildman–Crippen LogP) is 3.13. The monoisotopic (exact) mass is 262 g/mol. The standard InChI is InChI=1S/C8H5BrClFN2/c1-13-7-5(11)3-2-4(9)6(7)12-8(13)10/h2-3H,1H3. The Bertz CT molecular complexity index is 480. The van der Waals surface area contributed by atoms with Crippen LogP contribution in [0.15, 0.2) is 16.6 Å². The first kappa shape index (κ1) is 8.97. The molecule has 0 fully saturated rings. The minimum Gasteiger partial charge on any atom is -0.315 e. The normalized spacial score (nSPS) is 11.1. The van der Waals surface area contributed by atoms with Gasteiger partial charge in [-0.1, -0.05) is 0 Å². The molecule has 1 heterocycles. The molecule has 0 saturated heterocycles. The lowest BCUT2D eigenvalue weighted by atomic mass is 10.3. The molecular weight excluding hydrogens is 258 g/mol. The predicted molar refractivity (Wildman–Crippen MR) is 53.4 cm³/mol. The number of aromatic nitrogens is 2. The molecule has 0 aliphatic rings. The molecule has 0 aliphatic heterocycles. The molecule has 0 saturated carbocycles. The average Bonchev–Trinajstić information content (AvgIpc) is 2.38. The summed E-state index contributed by atoms with van der Waals surface area (Å²) in [6.45, 7) is 0. The van der Waals surface area contributed by atoms with E-state index < -0.39 is 0 Å². The van der Waals surface area contributed by atoms with Gasteiger partial charge in [0.25, 0.3) is 0 Å². The van der Waals surface area contributed by atoms with E-state index in [1.807, 2.05) is 0 Å². The Balaban J connectivity index is 3.00. The van der Waals surface area contributed by atoms with Crippen LogP contribution in [0, 0.1) is 5.82 Å². The van der Waals surface area contributed by atoms with Gasteiger partial charge < -0.3 is 4.57 Å². The van der Waals surface area contributed by atoms with Crippen LogP contribution in [0.25, 0.3) is 11.0 Å². The molecule has 68 valence electrons. The van der Waals surface area contributed by atoms with Gasteiger partial charge >= 0.3 is 0 Å². The molecule has 0 unspecified atom stereocenters. The highest BCUT2D eigenvalue weighted by Crippen LogP contribution is 2.27. The molecule has 2 nitrogen and oxygen atoms in total. The first-order valence-corrected chi connectivity index (χ1v) is 4.74. The van der Waals surface area contributed by atoms with Gasteiger partial charge in [-0.05, 0) is 39.7 Å². The number of fused-ring (bicyclic) bond motifs is 1. The van der Waals surface area contributed by atoms with E-state index in [0.717, 1.165) is 4.47 Å². The van der Waals surface area contributed by atoms with E-state index >= 15 is 0 Å². The Hall–Kier alpha value is -0.610. The lowest BCUT2D eigenvalue weighted by Crippen LogP contribution is -1.89. The van der Waals surface area contributed by atoms with Crippen molar-refractivity contribution >= 4 is 38.6 Å². The molecule has 13 heavy (non-hydrogen) atoms. The summed E-state index contributed by atoms with van der Waals surface area (Å²) < 4.78 is 15.6. The van der Waals surface area contributed by atoms with Crippen molar-refractivity contribution in [3.8, 4) is 0 Å². The fourth-order valence-electron chi connectivity index (χ4n) is 1.22. The molecule has 0 aliphatic carbocycles. The quantitative estimate of drug-likeness (QED) is 0.714. The summed E-state index contributed by atoms with van der Waals surface area (Å²) in [6, 6.07) is 2.99. The van der Waals surface area contributed by atoms with Crippen molar-refractivity contribution < 1.29 is 4.39 Å². The Morgan fingerprint density at radius 1 is 1.54 bits per heavy atom. The minimum absolute atomic E-state index is 0.279. The van der Waals surface area contributed by atoms with E-state index in [-0.39, 0.29) is 11.1 Å². The lowest BCUT2D eigenvalue weighted by Gasteiger charge is -1.97. The van der Waals surface area contributed by atoms with Crippen molar-refractivity contribution in [1.29, 1.82) is 0 Å². The zero-order chi connectivity index (χ0) is 9.59. The number of imidazole rings is 1. The summed E-state index contributed by atoms with van der Waals surface area (Å²) in [5, 5.41) is 0.279. The van der Waals surface area contributed by atoms with Crippen LogP contribution >= 0.6 is 27.5 Å². The van der Waals surface area contributed by atoms with E-state index in [2.05, 4.69) is 20.9 Å². The number of hydrogen-bond donors (Lipinski definition) is 0. The zero-order valence-electron chi connectivity index (χ0n) is 6.68. The maximum Gasteiger partial charge on any atom is 0.203 e. The van der Waals surface area contributed by atoms with Gasteiger partial charge in [0.1, 0.15) is 16.9 Å². The number of nitrogens with zero attached hydrogens (tertiary/aromatic N) is 2. The minimum atomic E-state index is -0.319. The number of aryl methyl sites for hydroxylation is 1. The fourth-order valence-corrected chi connectivity index (χ4v) is 1.79. The SMILES string of the molecule is Cn1c(Cl)nc2c(Br)ccc(F)c21. The lowest BCUT2D eigenvalue weighted by molar-refractivity contribution is 0.632. The van der Waals surface area contributed by atoms with Gasteiger partial charge in [0.05, 0.1) is 0 Å². The summed E-state index contributed by atoms with van der Waals surface area (Å²) >= 11 is 9.04. The zero-order valence-corrected chi connectivity index (χ0v) is 9.02. The maximum atomic E-state index is 13.3. The number of benzene rings is 1. The summed E-state index contributed by atoms with van der Waals surface area (Å²) in [6.07, 6.45) is 0. The second kappa shape index (κ2) is 2.96. The molecule has 1 aromatic carbocycles. The fraction of sp³-hybridized carbons (Fsp3) is 0.125. The van der Waals surface area contributed by atoms with E-state index in [1.54, 1.807) is 13.1 Å². The highest BCUT2D eigenvalue weighted by atomic mass is 79.9. The van der Waals surface area contributed by atoms with Crippen molar-refractivity contribution in [2.24, 2.45) is 7.05 Å². The third-order valence-corrected chi connectivity index (χ3v) is 2.85. The van der Waals surface area contributed by atoms with Crippen molar-refractivity contribution in [1.82, 2.24) is 9.55 Å². The van der Waals surface area contributed by atoms with E-state index in [9.17, 15) is 4.39 Å². The third kappa shape index (κ3) is 1.25. The highest BCUT2D eigenvalue weighted by Gasteiger charge is 2.12. The van der Waals surface area contributed by atoms with Gasteiger partial charge in [-0.2, -0.15) is 0 Å². The summed E-state index contributed by atoms with van der Waals surface area (Å²) in [5.41, 5.74) is 0.965. The van der Waals surface area contributed by atoms with Gasteiger partial charge in [0.2, 0.25) is 5.28 Å². The van der Waals surface area contributed by atoms with Crippen LogP contribution in [-0.4, -0.2) is 9.55 Å². The summed E-state index contributed by atoms with van der Waals surface area (Å²) in [7, 11) is 1.67. The van der Waals surface area contributed by atoms with Crippen LogP contribution in [0.5, 0.6) is 0 Å². The average molecular weight is 263 g/mol. The molecular formula is C8H5BrClFN2. The maximum absolute atomic E-state index is 13.3. The van der Waals surface area contributed by atoms with E-state index in [4.69, 9.17) is 11.6 Å². The number of rotatable bonds is 0. The number of halogens is 3. The smallest absolute Gasteiger partial charge is 0.203 e. The van der Waals surface area contributed by atoms with Gasteiger partial charge in [-0.3, -0.25) is 0 Å². The second-order valence-corrected chi connectivity index (χ2v) is 3.86. The van der Waals surface area contributed by atoms with Crippen molar-refractivity contribution in [3.05, 3.63) is 27.7 Å². The Kier molecular flexibility index (Phi) is 2.04. The first-order chi connectivity index (χ1) is 6.11. The van der Waals surface area contributed by atoms with Crippen LogP contribution in [0.4, 0.5) is 4.39 Å². The van der Waals surface area contributed by atoms with Crippen molar-refractivity contribution in [2.45, 2.75) is 0 Å². The summed E-state index contributed by atoms with van der Waals surface area (Å²) in [4.78, 5) is 4.01. The van der Waals surface area contributed by atoms with Crippen LogP contribution < -0.4 is 0 Å². The molecule has 1 aromatic heterocycles. The Morgan fingerprint density at radius 3 is 2.85 bits per heavy atom.